The van der Waals surface area contributed by atoms with Crippen LogP contribution in [0, 0.1) is 0 Å². The highest BCUT2D eigenvalue weighted by molar-refractivity contribution is 5.91. The first kappa shape index (κ1) is 17.1. The number of phenolic OH excluding ortho intramolecular Hbond substituents is 2. The Morgan fingerprint density at radius 1 is 1.10 bits per heavy atom. The first-order valence-electron chi connectivity index (χ1n) is 7.45. The molecule has 0 heterocycles. The number of hydrogen-bond donors (Lipinski definition) is 3. The minimum atomic E-state index is -0.0736. The van der Waals surface area contributed by atoms with Crippen LogP contribution in [-0.4, -0.2) is 22.7 Å². The molecule has 0 radical (unpaired) electrons. The molecule has 1 aromatic carbocycles. The molecule has 0 bridgehead atoms. The van der Waals surface area contributed by atoms with Crippen LogP contribution in [0.1, 0.15) is 44.6 Å². The van der Waals surface area contributed by atoms with E-state index in [4.69, 9.17) is 0 Å². The molecule has 0 saturated carbocycles. The Kier molecular flexibility index (Phi) is 7.37. The molecule has 1 amide bonds. The first-order chi connectivity index (χ1) is 10.0. The van der Waals surface area contributed by atoms with Crippen molar-refractivity contribution >= 4 is 5.91 Å². The van der Waals surface area contributed by atoms with Crippen LogP contribution in [0.25, 0.3) is 0 Å². The summed E-state index contributed by atoms with van der Waals surface area (Å²) in [5.41, 5.74) is 1.59. The van der Waals surface area contributed by atoms with Crippen LogP contribution in [0.3, 0.4) is 0 Å². The molecular formula is C17H25NO3. The van der Waals surface area contributed by atoms with Gasteiger partial charge >= 0.3 is 0 Å². The highest BCUT2D eigenvalue weighted by Gasteiger charge is 2.01. The number of hydrogen-bond acceptors (Lipinski definition) is 3. The highest BCUT2D eigenvalue weighted by atomic mass is 16.3. The molecule has 21 heavy (non-hydrogen) atoms. The zero-order valence-electron chi connectivity index (χ0n) is 12.7. The maximum absolute atomic E-state index is 11.2. The van der Waals surface area contributed by atoms with Crippen LogP contribution < -0.4 is 5.32 Å². The number of aromatic hydroxyl groups is 2. The molecule has 0 fully saturated rings. The van der Waals surface area contributed by atoms with Gasteiger partial charge in [0.2, 0.25) is 5.91 Å². The van der Waals surface area contributed by atoms with Crippen molar-refractivity contribution in [2.75, 3.05) is 6.54 Å². The third-order valence-corrected chi connectivity index (χ3v) is 3.36. The molecule has 0 aromatic heterocycles. The van der Waals surface area contributed by atoms with Crippen molar-refractivity contribution in [1.82, 2.24) is 5.32 Å². The average molecular weight is 291 g/mol. The van der Waals surface area contributed by atoms with Crippen molar-refractivity contribution in [1.29, 1.82) is 0 Å². The Bertz CT molecular complexity index is 483. The fourth-order valence-corrected chi connectivity index (χ4v) is 2.06. The third kappa shape index (κ3) is 6.84. The summed E-state index contributed by atoms with van der Waals surface area (Å²) < 4.78 is 0. The van der Waals surface area contributed by atoms with Crippen LogP contribution in [0.2, 0.25) is 0 Å². The number of phenols is 2. The molecule has 3 N–H and O–H groups in total. The minimum Gasteiger partial charge on any atom is -0.504 e. The predicted molar refractivity (Wildman–Crippen MR) is 84.4 cm³/mol. The number of amides is 1. The van der Waals surface area contributed by atoms with E-state index in [0.717, 1.165) is 44.1 Å². The van der Waals surface area contributed by atoms with Gasteiger partial charge in [-0.2, -0.15) is 0 Å². The Morgan fingerprint density at radius 3 is 2.43 bits per heavy atom. The van der Waals surface area contributed by atoms with Gasteiger partial charge in [0, 0.05) is 12.1 Å². The third-order valence-electron chi connectivity index (χ3n) is 3.36. The van der Waals surface area contributed by atoms with Gasteiger partial charge < -0.3 is 15.5 Å². The summed E-state index contributed by atoms with van der Waals surface area (Å²) in [5.74, 6) is -0.196. The number of rotatable bonds is 9. The monoisotopic (exact) mass is 291 g/mol. The lowest BCUT2D eigenvalue weighted by molar-refractivity contribution is -0.117. The molecule has 0 saturated heterocycles. The molecule has 0 spiro atoms. The van der Waals surface area contributed by atoms with Crippen LogP contribution in [0.4, 0.5) is 0 Å². The Balaban J connectivity index is 2.03. The van der Waals surface area contributed by atoms with Gasteiger partial charge in [-0.15, -0.1) is 0 Å². The molecule has 0 aliphatic heterocycles. The largest absolute Gasteiger partial charge is 0.504 e. The van der Waals surface area contributed by atoms with E-state index in [-0.39, 0.29) is 17.4 Å². The number of carbonyl (C=O) groups excluding carboxylic acids is 1. The number of carbonyl (C=O) groups is 1. The lowest BCUT2D eigenvalue weighted by Gasteiger charge is -2.05. The van der Waals surface area contributed by atoms with Gasteiger partial charge in [-0.05, 0) is 43.9 Å². The fourth-order valence-electron chi connectivity index (χ4n) is 2.06. The normalized spacial score (nSPS) is 10.3. The number of benzene rings is 1. The van der Waals surface area contributed by atoms with Gasteiger partial charge in [0.1, 0.15) is 0 Å². The number of unbranched alkanes of at least 4 members (excludes halogenated alkanes) is 4. The fraction of sp³-hybridized carbons (Fsp3) is 0.471. The van der Waals surface area contributed by atoms with E-state index in [1.54, 1.807) is 13.0 Å². The van der Waals surface area contributed by atoms with E-state index >= 15 is 0 Å². The highest BCUT2D eigenvalue weighted by Crippen LogP contribution is 2.25. The van der Waals surface area contributed by atoms with Crippen molar-refractivity contribution in [3.63, 3.8) is 0 Å². The first-order valence-corrected chi connectivity index (χ1v) is 7.45. The summed E-state index contributed by atoms with van der Waals surface area (Å²) in [6, 6.07) is 4.97. The van der Waals surface area contributed by atoms with Crippen LogP contribution >= 0.6 is 0 Å². The Labute approximate surface area is 126 Å². The Morgan fingerprint density at radius 2 is 1.76 bits per heavy atom. The second-order valence-corrected chi connectivity index (χ2v) is 5.38. The summed E-state index contributed by atoms with van der Waals surface area (Å²) in [4.78, 5) is 11.2. The predicted octanol–water partition coefficient (Wildman–Crippen LogP) is 3.28. The van der Waals surface area contributed by atoms with Crippen molar-refractivity contribution < 1.29 is 15.0 Å². The maximum atomic E-state index is 11.2. The Hall–Kier alpha value is -1.97. The van der Waals surface area contributed by atoms with Crippen molar-refractivity contribution in [3.8, 4) is 11.5 Å². The van der Waals surface area contributed by atoms with E-state index in [1.807, 2.05) is 6.07 Å². The van der Waals surface area contributed by atoms with E-state index in [0.29, 0.717) is 12.1 Å². The molecule has 4 nitrogen and oxygen atoms in total. The second-order valence-electron chi connectivity index (χ2n) is 5.38. The SMILES string of the molecule is C=C(C)C(=O)NCCCCCCCc1ccc(O)c(O)c1. The molecule has 0 aliphatic carbocycles. The second kappa shape index (κ2) is 9.06. The standard InChI is InChI=1S/C17H25NO3/c1-13(2)17(21)18-11-7-5-3-4-6-8-14-9-10-15(19)16(20)12-14/h9-10,12,19-20H,1,3-8,11H2,2H3,(H,18,21). The molecular weight excluding hydrogens is 266 g/mol. The van der Waals surface area contributed by atoms with Gasteiger partial charge in [-0.25, -0.2) is 0 Å². The molecule has 1 rings (SSSR count). The summed E-state index contributed by atoms with van der Waals surface area (Å²) in [6.45, 7) is 6.00. The zero-order valence-corrected chi connectivity index (χ0v) is 12.7. The molecule has 0 aliphatic rings. The van der Waals surface area contributed by atoms with E-state index < -0.39 is 0 Å². The summed E-state index contributed by atoms with van der Waals surface area (Å²) in [5, 5.41) is 21.4. The van der Waals surface area contributed by atoms with Gasteiger partial charge in [0.25, 0.3) is 0 Å². The minimum absolute atomic E-state index is 0.0549. The summed E-state index contributed by atoms with van der Waals surface area (Å²) >= 11 is 0. The van der Waals surface area contributed by atoms with Crippen molar-refractivity contribution in [2.45, 2.75) is 45.4 Å². The van der Waals surface area contributed by atoms with Gasteiger partial charge in [-0.1, -0.05) is 31.9 Å². The molecule has 4 heteroatoms. The average Bonchev–Trinajstić information content (AvgIpc) is 2.45. The van der Waals surface area contributed by atoms with Gasteiger partial charge in [-0.3, -0.25) is 4.79 Å². The van der Waals surface area contributed by atoms with Crippen LogP contribution in [0.5, 0.6) is 11.5 Å². The molecule has 0 unspecified atom stereocenters. The van der Waals surface area contributed by atoms with Crippen LogP contribution in [-0.2, 0) is 11.2 Å². The van der Waals surface area contributed by atoms with Crippen molar-refractivity contribution in [2.24, 2.45) is 0 Å². The van der Waals surface area contributed by atoms with Gasteiger partial charge in [0.05, 0.1) is 0 Å². The quantitative estimate of drug-likeness (QED) is 0.371. The lowest BCUT2D eigenvalue weighted by atomic mass is 10.0. The maximum Gasteiger partial charge on any atom is 0.246 e. The van der Waals surface area contributed by atoms with Gasteiger partial charge in [0.15, 0.2) is 11.5 Å². The smallest absolute Gasteiger partial charge is 0.246 e. The topological polar surface area (TPSA) is 69.6 Å². The van der Waals surface area contributed by atoms with E-state index in [9.17, 15) is 15.0 Å². The molecule has 116 valence electrons. The summed E-state index contributed by atoms with van der Waals surface area (Å²) in [7, 11) is 0. The molecule has 1 aromatic rings. The summed E-state index contributed by atoms with van der Waals surface area (Å²) in [6.07, 6.45) is 6.29. The zero-order chi connectivity index (χ0) is 15.7. The van der Waals surface area contributed by atoms with Crippen molar-refractivity contribution in [3.05, 3.63) is 35.9 Å². The number of aryl methyl sites for hydroxylation is 1. The van der Waals surface area contributed by atoms with E-state index in [1.165, 1.54) is 6.07 Å². The molecule has 0 atom stereocenters. The van der Waals surface area contributed by atoms with E-state index in [2.05, 4.69) is 11.9 Å². The van der Waals surface area contributed by atoms with Crippen LogP contribution in [0.15, 0.2) is 30.4 Å². The lowest BCUT2D eigenvalue weighted by Crippen LogP contribution is -2.24. The number of nitrogens with one attached hydrogen (secondary N) is 1.